The van der Waals surface area contributed by atoms with E-state index in [9.17, 15) is 9.90 Å². The van der Waals surface area contributed by atoms with Crippen molar-refractivity contribution in [2.45, 2.75) is 6.92 Å². The second-order valence-corrected chi connectivity index (χ2v) is 4.66. The first kappa shape index (κ1) is 22.0. The molecule has 0 fully saturated rings. The van der Waals surface area contributed by atoms with E-state index in [1.807, 2.05) is 30.3 Å². The molecule has 3 nitrogen and oxygen atoms in total. The number of rotatable bonds is 2. The summed E-state index contributed by atoms with van der Waals surface area (Å²) in [6, 6.07) is 24.5. The third-order valence-corrected chi connectivity index (χ3v) is 2.95. The maximum absolute atomic E-state index is 10.2. The zero-order chi connectivity index (χ0) is 15.8. The molecule has 3 rings (SSSR count). The molecule has 0 spiro atoms. The number of carbonyl (C=O) groups is 1. The third kappa shape index (κ3) is 7.04. The number of aromatic carboxylic acids is 1. The molecule has 0 unspecified atom stereocenters. The van der Waals surface area contributed by atoms with Crippen molar-refractivity contribution in [3.05, 3.63) is 90.3 Å². The van der Waals surface area contributed by atoms with E-state index in [1.165, 1.54) is 23.4 Å². The van der Waals surface area contributed by atoms with Crippen LogP contribution in [0.3, 0.4) is 0 Å². The molecule has 0 atom stereocenters. The Labute approximate surface area is 161 Å². The van der Waals surface area contributed by atoms with Gasteiger partial charge in [-0.2, -0.15) is 30.3 Å². The smallest absolute Gasteiger partial charge is 1.00 e. The van der Waals surface area contributed by atoms with E-state index in [-0.39, 0.29) is 37.9 Å². The van der Waals surface area contributed by atoms with Crippen LogP contribution in [0.25, 0.3) is 11.1 Å². The van der Waals surface area contributed by atoms with Crippen molar-refractivity contribution in [3.63, 3.8) is 0 Å². The summed E-state index contributed by atoms with van der Waals surface area (Å²) in [4.78, 5) is 13.8. The number of hydrogen-bond acceptors (Lipinski definition) is 3. The summed E-state index contributed by atoms with van der Waals surface area (Å²) >= 11 is 0. The van der Waals surface area contributed by atoms with Crippen LogP contribution in [0.4, 0.5) is 0 Å². The van der Waals surface area contributed by atoms with E-state index >= 15 is 0 Å². The van der Waals surface area contributed by atoms with Crippen molar-refractivity contribution in [3.8, 4) is 11.1 Å². The molecule has 0 bridgehead atoms. The van der Waals surface area contributed by atoms with Crippen LogP contribution in [-0.2, 0) is 19.8 Å². The summed E-state index contributed by atoms with van der Waals surface area (Å²) in [5, 5.41) is 10.2. The van der Waals surface area contributed by atoms with E-state index < -0.39 is 5.97 Å². The van der Waals surface area contributed by atoms with Gasteiger partial charge in [-0.05, 0) is 30.2 Å². The maximum atomic E-state index is 10.2. The molecule has 0 saturated carbocycles. The predicted molar refractivity (Wildman–Crippen MR) is 84.0 cm³/mol. The molecule has 0 aliphatic rings. The van der Waals surface area contributed by atoms with Gasteiger partial charge in [0.15, 0.2) is 0 Å². The molecule has 5 heteroatoms. The average molecular weight is 515 g/mol. The van der Waals surface area contributed by atoms with Crippen LogP contribution < -0.4 is 17.5 Å². The van der Waals surface area contributed by atoms with E-state index in [0.29, 0.717) is 0 Å². The Morgan fingerprint density at radius 3 is 2.08 bits per heavy atom. The van der Waals surface area contributed by atoms with E-state index in [0.717, 1.165) is 5.56 Å². The van der Waals surface area contributed by atoms with Crippen LogP contribution in [0.1, 0.15) is 16.1 Å². The van der Waals surface area contributed by atoms with Gasteiger partial charge in [0, 0.05) is 6.20 Å². The molecular formula is C19H15ClNO2Os-. The van der Waals surface area contributed by atoms with E-state index in [2.05, 4.69) is 35.3 Å². The number of carboxylic acid groups (broad SMARTS) is 1. The minimum absolute atomic E-state index is 0. The van der Waals surface area contributed by atoms with Gasteiger partial charge in [0.1, 0.15) is 0 Å². The molecule has 1 heterocycles. The number of carbonyl (C=O) groups excluding carboxylic acids is 1. The van der Waals surface area contributed by atoms with E-state index in [1.54, 1.807) is 13.0 Å². The zero-order valence-electron chi connectivity index (χ0n) is 12.9. The van der Waals surface area contributed by atoms with Crippen molar-refractivity contribution in [1.82, 2.24) is 4.98 Å². The van der Waals surface area contributed by atoms with Gasteiger partial charge in [-0.3, -0.25) is 4.98 Å². The van der Waals surface area contributed by atoms with E-state index in [4.69, 9.17) is 0 Å². The SMILES string of the molecule is Cc1ccnc(C(=O)[O-])c1.[Cl-].[Os+2].[c-]1ccc(-c2ccccc2)cc1. The second kappa shape index (κ2) is 11.5. The molecule has 3 aromatic rings. The second-order valence-electron chi connectivity index (χ2n) is 4.66. The standard InChI is InChI=1S/C12H9.C7H7NO2.ClH.Os/c1-3-7-11(8-4-1)12-9-5-2-6-10-12;1-5-2-3-8-6(4-5)7(9)10;;/h1,3-10H;2-4H,1H3,(H,9,10);1H;/q-1;;;+2/p-2. The minimum Gasteiger partial charge on any atom is -1.00 e. The van der Waals surface area contributed by atoms with Crippen molar-refractivity contribution < 1.29 is 42.1 Å². The molecular weight excluding hydrogens is 500 g/mol. The van der Waals surface area contributed by atoms with Crippen LogP contribution in [0.5, 0.6) is 0 Å². The summed E-state index contributed by atoms with van der Waals surface area (Å²) in [5.74, 6) is -1.23. The number of aryl methyl sites for hydroxylation is 1. The first-order chi connectivity index (χ1) is 10.7. The Hall–Kier alpha value is -2.01. The van der Waals surface area contributed by atoms with Crippen molar-refractivity contribution in [2.24, 2.45) is 0 Å². The van der Waals surface area contributed by atoms with Gasteiger partial charge >= 0.3 is 19.8 Å². The summed E-state index contributed by atoms with van der Waals surface area (Å²) in [5.41, 5.74) is 3.36. The number of carboxylic acids is 1. The molecule has 2 aromatic carbocycles. The Balaban J connectivity index is 0.000000413. The molecule has 24 heavy (non-hydrogen) atoms. The quantitative estimate of drug-likeness (QED) is 0.449. The number of aromatic nitrogens is 1. The molecule has 0 aliphatic carbocycles. The normalized spacial score (nSPS) is 8.71. The minimum atomic E-state index is -1.23. The van der Waals surface area contributed by atoms with Gasteiger partial charge in [-0.1, -0.05) is 30.3 Å². The monoisotopic (exact) mass is 516 g/mol. The number of nitrogens with zero attached hydrogens (tertiary/aromatic N) is 1. The Morgan fingerprint density at radius 1 is 1.00 bits per heavy atom. The zero-order valence-corrected chi connectivity index (χ0v) is 16.2. The van der Waals surface area contributed by atoms with Crippen molar-refractivity contribution in [2.75, 3.05) is 0 Å². The van der Waals surface area contributed by atoms with Crippen LogP contribution >= 0.6 is 0 Å². The molecule has 0 saturated heterocycles. The summed E-state index contributed by atoms with van der Waals surface area (Å²) in [6.07, 6.45) is 1.44. The molecule has 0 N–H and O–H groups in total. The van der Waals surface area contributed by atoms with Crippen LogP contribution in [0, 0.1) is 13.0 Å². The summed E-state index contributed by atoms with van der Waals surface area (Å²) in [6.45, 7) is 1.80. The van der Waals surface area contributed by atoms with Gasteiger partial charge in [0.2, 0.25) is 0 Å². The fraction of sp³-hybridized carbons (Fsp3) is 0.0526. The largest absolute Gasteiger partial charge is 2.00 e. The van der Waals surface area contributed by atoms with Gasteiger partial charge in [-0.15, -0.1) is 5.56 Å². The van der Waals surface area contributed by atoms with Crippen molar-refractivity contribution in [1.29, 1.82) is 0 Å². The molecule has 0 radical (unpaired) electrons. The van der Waals surface area contributed by atoms with Gasteiger partial charge in [0.05, 0.1) is 11.7 Å². The molecule has 0 aliphatic heterocycles. The first-order valence-corrected chi connectivity index (χ1v) is 6.82. The topological polar surface area (TPSA) is 53.0 Å². The van der Waals surface area contributed by atoms with Gasteiger partial charge in [0.25, 0.3) is 0 Å². The summed E-state index contributed by atoms with van der Waals surface area (Å²) < 4.78 is 0. The number of hydrogen-bond donors (Lipinski definition) is 0. The van der Waals surface area contributed by atoms with Gasteiger partial charge < -0.3 is 22.3 Å². The Morgan fingerprint density at radius 2 is 1.58 bits per heavy atom. The Bertz CT molecular complexity index is 699. The number of benzene rings is 2. The molecule has 1 aromatic heterocycles. The first-order valence-electron chi connectivity index (χ1n) is 6.82. The predicted octanol–water partition coefficient (Wildman–Crippen LogP) is -0.0912. The fourth-order valence-corrected chi connectivity index (χ4v) is 1.86. The van der Waals surface area contributed by atoms with Gasteiger partial charge in [-0.25, -0.2) is 0 Å². The van der Waals surface area contributed by atoms with Crippen LogP contribution in [0.2, 0.25) is 0 Å². The third-order valence-electron chi connectivity index (χ3n) is 2.95. The van der Waals surface area contributed by atoms with Crippen molar-refractivity contribution >= 4 is 5.97 Å². The molecule has 0 amide bonds. The maximum Gasteiger partial charge on any atom is 2.00 e. The van der Waals surface area contributed by atoms with Crippen LogP contribution in [-0.4, -0.2) is 11.0 Å². The Kier molecular flexibility index (Phi) is 10.5. The number of pyridine rings is 1. The fourth-order valence-electron chi connectivity index (χ4n) is 1.86. The molecule has 124 valence electrons. The average Bonchev–Trinajstić information content (AvgIpc) is 2.57. The number of halogens is 1. The summed E-state index contributed by atoms with van der Waals surface area (Å²) in [7, 11) is 0. The van der Waals surface area contributed by atoms with Crippen LogP contribution in [0.15, 0.2) is 72.9 Å².